The molecule has 2 unspecified atom stereocenters. The molecule has 0 aromatic heterocycles. The Kier molecular flexibility index (Phi) is 5.75. The number of hydrogen-bond donors (Lipinski definition) is 0. The molecule has 0 spiro atoms. The van der Waals surface area contributed by atoms with Crippen molar-refractivity contribution in [2.24, 2.45) is 5.92 Å². The van der Waals surface area contributed by atoms with Gasteiger partial charge in [-0.15, -0.1) is 0 Å². The van der Waals surface area contributed by atoms with E-state index in [2.05, 4.69) is 13.8 Å². The van der Waals surface area contributed by atoms with Gasteiger partial charge in [0.15, 0.2) is 0 Å². The number of aldehydes is 1. The zero-order chi connectivity index (χ0) is 12.7. The van der Waals surface area contributed by atoms with E-state index in [9.17, 15) is 4.79 Å². The molecule has 0 aliphatic heterocycles. The molecule has 0 N–H and O–H groups in total. The van der Waals surface area contributed by atoms with Gasteiger partial charge in [0.2, 0.25) is 0 Å². The van der Waals surface area contributed by atoms with E-state index in [4.69, 9.17) is 4.74 Å². The van der Waals surface area contributed by atoms with Crippen LogP contribution in [0.4, 0.5) is 0 Å². The third-order valence-electron chi connectivity index (χ3n) is 3.34. The van der Waals surface area contributed by atoms with Crippen molar-refractivity contribution in [2.75, 3.05) is 7.11 Å². The van der Waals surface area contributed by atoms with Crippen molar-refractivity contribution in [3.8, 4) is 5.75 Å². The van der Waals surface area contributed by atoms with Crippen LogP contribution in [0.3, 0.4) is 0 Å². The van der Waals surface area contributed by atoms with Crippen molar-refractivity contribution in [1.82, 2.24) is 0 Å². The summed E-state index contributed by atoms with van der Waals surface area (Å²) >= 11 is 0. The standard InChI is InChI=1S/C15H22O2/c1-4-6-12(5-2)15(11-16)13-7-9-14(17-3)10-8-13/h7-12,15H,4-6H2,1-3H3. The van der Waals surface area contributed by atoms with Gasteiger partial charge in [0.05, 0.1) is 7.11 Å². The predicted molar refractivity (Wildman–Crippen MR) is 70.5 cm³/mol. The minimum atomic E-state index is 0.0193. The van der Waals surface area contributed by atoms with Crippen molar-refractivity contribution in [2.45, 2.75) is 39.0 Å². The molecule has 2 nitrogen and oxygen atoms in total. The molecular formula is C15H22O2. The summed E-state index contributed by atoms with van der Waals surface area (Å²) in [4.78, 5) is 11.3. The molecule has 0 heterocycles. The zero-order valence-electron chi connectivity index (χ0n) is 11.0. The van der Waals surface area contributed by atoms with Gasteiger partial charge in [-0.05, 0) is 30.0 Å². The van der Waals surface area contributed by atoms with Crippen LogP contribution in [0.15, 0.2) is 24.3 Å². The SMILES string of the molecule is CCCC(CC)C(C=O)c1ccc(OC)cc1. The highest BCUT2D eigenvalue weighted by molar-refractivity contribution is 5.63. The number of carbonyl (C=O) groups excluding carboxylic acids is 1. The van der Waals surface area contributed by atoms with Crippen LogP contribution in [0.2, 0.25) is 0 Å². The second-order valence-corrected chi connectivity index (χ2v) is 4.39. The Morgan fingerprint density at radius 2 is 1.88 bits per heavy atom. The minimum absolute atomic E-state index is 0.0193. The molecule has 0 aliphatic carbocycles. The number of ether oxygens (including phenoxy) is 1. The lowest BCUT2D eigenvalue weighted by molar-refractivity contribution is -0.110. The topological polar surface area (TPSA) is 26.3 Å². The van der Waals surface area contributed by atoms with E-state index >= 15 is 0 Å². The Balaban J connectivity index is 2.87. The maximum Gasteiger partial charge on any atom is 0.127 e. The number of hydrogen-bond acceptors (Lipinski definition) is 2. The molecule has 0 amide bonds. The summed E-state index contributed by atoms with van der Waals surface area (Å²) in [6.07, 6.45) is 4.36. The van der Waals surface area contributed by atoms with E-state index in [-0.39, 0.29) is 5.92 Å². The number of benzene rings is 1. The zero-order valence-corrected chi connectivity index (χ0v) is 11.0. The molecule has 1 aromatic carbocycles. The maximum absolute atomic E-state index is 11.3. The number of rotatable bonds is 7. The molecule has 17 heavy (non-hydrogen) atoms. The second kappa shape index (κ2) is 7.10. The van der Waals surface area contributed by atoms with E-state index in [0.29, 0.717) is 5.92 Å². The van der Waals surface area contributed by atoms with Crippen LogP contribution < -0.4 is 4.74 Å². The molecule has 1 aromatic rings. The molecule has 1 rings (SSSR count). The first-order chi connectivity index (χ1) is 8.26. The van der Waals surface area contributed by atoms with Gasteiger partial charge in [-0.3, -0.25) is 0 Å². The molecule has 0 bridgehead atoms. The number of carbonyl (C=O) groups is 1. The second-order valence-electron chi connectivity index (χ2n) is 4.39. The van der Waals surface area contributed by atoms with Gasteiger partial charge in [0, 0.05) is 5.92 Å². The van der Waals surface area contributed by atoms with Gasteiger partial charge in [-0.2, -0.15) is 0 Å². The molecular weight excluding hydrogens is 212 g/mol. The highest BCUT2D eigenvalue weighted by Crippen LogP contribution is 2.30. The summed E-state index contributed by atoms with van der Waals surface area (Å²) in [5.74, 6) is 1.30. The first kappa shape index (κ1) is 13.8. The van der Waals surface area contributed by atoms with Gasteiger partial charge >= 0.3 is 0 Å². The Hall–Kier alpha value is -1.31. The third kappa shape index (κ3) is 3.58. The normalized spacial score (nSPS) is 14.1. The predicted octanol–water partition coefficient (Wildman–Crippen LogP) is 3.80. The van der Waals surface area contributed by atoms with Crippen LogP contribution >= 0.6 is 0 Å². The van der Waals surface area contributed by atoms with E-state index < -0.39 is 0 Å². The van der Waals surface area contributed by atoms with E-state index in [0.717, 1.165) is 36.9 Å². The third-order valence-corrected chi connectivity index (χ3v) is 3.34. The fraction of sp³-hybridized carbons (Fsp3) is 0.533. The van der Waals surface area contributed by atoms with Crippen LogP contribution in [0.1, 0.15) is 44.6 Å². The van der Waals surface area contributed by atoms with E-state index in [1.165, 1.54) is 0 Å². The van der Waals surface area contributed by atoms with Crippen molar-refractivity contribution in [3.63, 3.8) is 0 Å². The van der Waals surface area contributed by atoms with Crippen LogP contribution in [0.25, 0.3) is 0 Å². The van der Waals surface area contributed by atoms with Crippen LogP contribution in [0.5, 0.6) is 5.75 Å². The summed E-state index contributed by atoms with van der Waals surface area (Å²) in [5.41, 5.74) is 1.10. The highest BCUT2D eigenvalue weighted by atomic mass is 16.5. The van der Waals surface area contributed by atoms with Gasteiger partial charge in [0.25, 0.3) is 0 Å². The maximum atomic E-state index is 11.3. The lowest BCUT2D eigenvalue weighted by Gasteiger charge is -2.21. The van der Waals surface area contributed by atoms with Crippen LogP contribution in [-0.4, -0.2) is 13.4 Å². The number of methoxy groups -OCH3 is 1. The monoisotopic (exact) mass is 234 g/mol. The lowest BCUT2D eigenvalue weighted by atomic mass is 9.82. The summed E-state index contributed by atoms with van der Waals surface area (Å²) in [6, 6.07) is 7.83. The highest BCUT2D eigenvalue weighted by Gasteiger charge is 2.20. The summed E-state index contributed by atoms with van der Waals surface area (Å²) in [5, 5.41) is 0. The summed E-state index contributed by atoms with van der Waals surface area (Å²) < 4.78 is 5.13. The Bertz CT molecular complexity index is 329. The minimum Gasteiger partial charge on any atom is -0.497 e. The Labute approximate surface area is 104 Å². The van der Waals surface area contributed by atoms with E-state index in [1.807, 2.05) is 24.3 Å². The van der Waals surface area contributed by atoms with Crippen molar-refractivity contribution >= 4 is 6.29 Å². The average Bonchev–Trinajstić information content (AvgIpc) is 2.39. The Morgan fingerprint density at radius 3 is 2.29 bits per heavy atom. The molecule has 0 saturated heterocycles. The van der Waals surface area contributed by atoms with E-state index in [1.54, 1.807) is 7.11 Å². The Morgan fingerprint density at radius 1 is 1.24 bits per heavy atom. The molecule has 2 atom stereocenters. The van der Waals surface area contributed by atoms with Crippen molar-refractivity contribution < 1.29 is 9.53 Å². The molecule has 2 heteroatoms. The van der Waals surface area contributed by atoms with Crippen molar-refractivity contribution in [3.05, 3.63) is 29.8 Å². The molecule has 0 radical (unpaired) electrons. The lowest BCUT2D eigenvalue weighted by Crippen LogP contribution is -2.13. The van der Waals surface area contributed by atoms with Crippen LogP contribution in [-0.2, 0) is 4.79 Å². The van der Waals surface area contributed by atoms with Gasteiger partial charge < -0.3 is 9.53 Å². The molecule has 0 fully saturated rings. The smallest absolute Gasteiger partial charge is 0.127 e. The van der Waals surface area contributed by atoms with Crippen LogP contribution in [0, 0.1) is 5.92 Å². The summed E-state index contributed by atoms with van der Waals surface area (Å²) in [6.45, 7) is 4.32. The van der Waals surface area contributed by atoms with Gasteiger partial charge in [-0.25, -0.2) is 0 Å². The van der Waals surface area contributed by atoms with Gasteiger partial charge in [0.1, 0.15) is 12.0 Å². The van der Waals surface area contributed by atoms with Gasteiger partial charge in [-0.1, -0.05) is 38.8 Å². The summed E-state index contributed by atoms with van der Waals surface area (Å²) in [7, 11) is 1.65. The fourth-order valence-electron chi connectivity index (χ4n) is 2.30. The first-order valence-electron chi connectivity index (χ1n) is 6.36. The average molecular weight is 234 g/mol. The fourth-order valence-corrected chi connectivity index (χ4v) is 2.30. The quantitative estimate of drug-likeness (QED) is 0.671. The molecule has 94 valence electrons. The largest absolute Gasteiger partial charge is 0.497 e. The first-order valence-corrected chi connectivity index (χ1v) is 6.36. The molecule has 0 aliphatic rings. The van der Waals surface area contributed by atoms with Crippen molar-refractivity contribution in [1.29, 1.82) is 0 Å². The molecule has 0 saturated carbocycles.